The van der Waals surface area contributed by atoms with E-state index in [1.54, 1.807) is 0 Å². The van der Waals surface area contributed by atoms with Crippen LogP contribution in [0.1, 0.15) is 52.5 Å². The zero-order valence-corrected chi connectivity index (χ0v) is 13.4. The van der Waals surface area contributed by atoms with Gasteiger partial charge in [-0.2, -0.15) is 0 Å². The largest absolute Gasteiger partial charge is 0.489 e. The van der Waals surface area contributed by atoms with Gasteiger partial charge in [0.1, 0.15) is 11.9 Å². The Morgan fingerprint density at radius 3 is 2.65 bits per heavy atom. The minimum absolute atomic E-state index is 0.260. The fraction of sp³-hybridized carbons (Fsp3) is 0.667. The van der Waals surface area contributed by atoms with E-state index in [4.69, 9.17) is 4.74 Å². The molecule has 1 aromatic rings. The molecule has 1 N–H and O–H groups in total. The minimum atomic E-state index is 0.260. The Labute approximate surface area is 123 Å². The Morgan fingerprint density at radius 2 is 2.00 bits per heavy atom. The van der Waals surface area contributed by atoms with Crippen molar-refractivity contribution in [3.63, 3.8) is 0 Å². The second kappa shape index (κ2) is 6.62. The van der Waals surface area contributed by atoms with Crippen LogP contribution < -0.4 is 10.1 Å². The summed E-state index contributed by atoms with van der Waals surface area (Å²) >= 11 is 0. The van der Waals surface area contributed by atoms with E-state index in [0.29, 0.717) is 12.1 Å². The van der Waals surface area contributed by atoms with Gasteiger partial charge in [0.15, 0.2) is 0 Å². The van der Waals surface area contributed by atoms with Gasteiger partial charge >= 0.3 is 0 Å². The molecule has 3 unspecified atom stereocenters. The Kier molecular flexibility index (Phi) is 5.09. The fourth-order valence-corrected chi connectivity index (χ4v) is 3.17. The highest BCUT2D eigenvalue weighted by Gasteiger charge is 2.51. The average molecular weight is 275 g/mol. The molecule has 112 valence electrons. The maximum Gasteiger partial charge on any atom is 0.122 e. The number of nitrogens with one attached hydrogen (secondary N) is 1. The van der Waals surface area contributed by atoms with Gasteiger partial charge in [0.05, 0.1) is 0 Å². The summed E-state index contributed by atoms with van der Waals surface area (Å²) in [6.45, 7) is 10.2. The number of aryl methyl sites for hydroxylation is 1. The van der Waals surface area contributed by atoms with Crippen LogP contribution in [-0.4, -0.2) is 18.7 Å². The monoisotopic (exact) mass is 275 g/mol. The lowest BCUT2D eigenvalue weighted by Gasteiger charge is -2.53. The second-order valence-corrected chi connectivity index (χ2v) is 6.17. The van der Waals surface area contributed by atoms with Crippen LogP contribution in [0.15, 0.2) is 24.3 Å². The Balaban J connectivity index is 2.03. The summed E-state index contributed by atoms with van der Waals surface area (Å²) in [6, 6.07) is 9.05. The van der Waals surface area contributed by atoms with Crippen molar-refractivity contribution in [3.8, 4) is 5.75 Å². The van der Waals surface area contributed by atoms with Crippen molar-refractivity contribution in [3.05, 3.63) is 29.8 Å². The summed E-state index contributed by atoms with van der Waals surface area (Å²) in [4.78, 5) is 0. The van der Waals surface area contributed by atoms with Crippen LogP contribution in [0, 0.1) is 5.41 Å². The number of hydrogen-bond donors (Lipinski definition) is 1. The molecule has 0 saturated heterocycles. The Hall–Kier alpha value is -1.02. The predicted molar refractivity (Wildman–Crippen MR) is 85.3 cm³/mol. The SMILES string of the molecule is CCCNC1CC(Oc2ccccc2CC)C1(C)CC. The van der Waals surface area contributed by atoms with Crippen molar-refractivity contribution >= 4 is 0 Å². The van der Waals surface area contributed by atoms with Gasteiger partial charge in [-0.15, -0.1) is 0 Å². The van der Waals surface area contributed by atoms with E-state index in [2.05, 4.69) is 57.3 Å². The van der Waals surface area contributed by atoms with Crippen molar-refractivity contribution in [2.24, 2.45) is 5.41 Å². The molecule has 1 fully saturated rings. The smallest absolute Gasteiger partial charge is 0.122 e. The van der Waals surface area contributed by atoms with Gasteiger partial charge in [0.2, 0.25) is 0 Å². The molecule has 1 aromatic carbocycles. The van der Waals surface area contributed by atoms with Crippen molar-refractivity contribution < 1.29 is 4.74 Å². The molecule has 20 heavy (non-hydrogen) atoms. The van der Waals surface area contributed by atoms with Gasteiger partial charge in [-0.25, -0.2) is 0 Å². The minimum Gasteiger partial charge on any atom is -0.489 e. The molecule has 2 nitrogen and oxygen atoms in total. The predicted octanol–water partition coefficient (Wildman–Crippen LogP) is 4.18. The highest BCUT2D eigenvalue weighted by Crippen LogP contribution is 2.46. The molecular weight excluding hydrogens is 246 g/mol. The average Bonchev–Trinajstić information content (AvgIpc) is 2.49. The molecule has 1 saturated carbocycles. The van der Waals surface area contributed by atoms with Crippen LogP contribution in [0.5, 0.6) is 5.75 Å². The van der Waals surface area contributed by atoms with Crippen LogP contribution in [0.3, 0.4) is 0 Å². The molecule has 0 amide bonds. The fourth-order valence-electron chi connectivity index (χ4n) is 3.17. The van der Waals surface area contributed by atoms with Gasteiger partial charge < -0.3 is 10.1 Å². The first-order valence-corrected chi connectivity index (χ1v) is 8.13. The lowest BCUT2D eigenvalue weighted by atomic mass is 9.61. The van der Waals surface area contributed by atoms with Crippen LogP contribution in [-0.2, 0) is 6.42 Å². The number of ether oxygens (including phenoxy) is 1. The summed E-state index contributed by atoms with van der Waals surface area (Å²) in [5.41, 5.74) is 1.58. The first-order valence-electron chi connectivity index (χ1n) is 8.13. The van der Waals surface area contributed by atoms with Crippen LogP contribution in [0.25, 0.3) is 0 Å². The number of hydrogen-bond acceptors (Lipinski definition) is 2. The first-order chi connectivity index (χ1) is 9.65. The maximum absolute atomic E-state index is 6.35. The van der Waals surface area contributed by atoms with Crippen LogP contribution in [0.2, 0.25) is 0 Å². The summed E-state index contributed by atoms with van der Waals surface area (Å²) in [5.74, 6) is 1.08. The number of benzene rings is 1. The molecule has 0 aliphatic heterocycles. The lowest BCUT2D eigenvalue weighted by molar-refractivity contribution is -0.0705. The van der Waals surface area contributed by atoms with Crippen molar-refractivity contribution in [1.29, 1.82) is 0 Å². The van der Waals surface area contributed by atoms with E-state index in [9.17, 15) is 0 Å². The second-order valence-electron chi connectivity index (χ2n) is 6.17. The number of para-hydroxylation sites is 1. The molecule has 3 atom stereocenters. The topological polar surface area (TPSA) is 21.3 Å². The Morgan fingerprint density at radius 1 is 1.25 bits per heavy atom. The highest BCUT2D eigenvalue weighted by atomic mass is 16.5. The van der Waals surface area contributed by atoms with Gasteiger partial charge in [-0.1, -0.05) is 45.9 Å². The normalized spacial score (nSPS) is 29.0. The third kappa shape index (κ3) is 2.85. The standard InChI is InChI=1S/C18H29NO/c1-5-12-19-16-13-17(18(16,4)7-3)20-15-11-9-8-10-14(15)6-2/h8-11,16-17,19H,5-7,12-13H2,1-4H3. The summed E-state index contributed by atoms with van der Waals surface area (Å²) in [6.07, 6.45) is 4.86. The van der Waals surface area contributed by atoms with Crippen molar-refractivity contribution in [2.75, 3.05) is 6.54 Å². The first kappa shape index (κ1) is 15.4. The van der Waals surface area contributed by atoms with E-state index in [1.807, 2.05) is 0 Å². The molecule has 0 heterocycles. The number of rotatable bonds is 7. The lowest BCUT2D eigenvalue weighted by Crippen LogP contribution is -2.63. The molecule has 0 aromatic heterocycles. The molecule has 0 radical (unpaired) electrons. The summed E-state index contributed by atoms with van der Waals surface area (Å²) in [7, 11) is 0. The molecule has 1 aliphatic rings. The quantitative estimate of drug-likeness (QED) is 0.806. The molecule has 2 heteroatoms. The van der Waals surface area contributed by atoms with Crippen LogP contribution in [0.4, 0.5) is 0 Å². The van der Waals surface area contributed by atoms with E-state index in [-0.39, 0.29) is 5.41 Å². The van der Waals surface area contributed by atoms with Crippen molar-refractivity contribution in [2.45, 2.75) is 65.5 Å². The van der Waals surface area contributed by atoms with E-state index in [0.717, 1.165) is 31.6 Å². The third-order valence-electron chi connectivity index (χ3n) is 5.01. The summed E-state index contributed by atoms with van der Waals surface area (Å²) in [5, 5.41) is 3.67. The molecule has 2 rings (SSSR count). The third-order valence-corrected chi connectivity index (χ3v) is 5.01. The molecule has 0 spiro atoms. The summed E-state index contributed by atoms with van der Waals surface area (Å²) < 4.78 is 6.35. The van der Waals surface area contributed by atoms with Gasteiger partial charge in [0, 0.05) is 17.9 Å². The molecular formula is C18H29NO. The zero-order chi connectivity index (χ0) is 14.6. The zero-order valence-electron chi connectivity index (χ0n) is 13.4. The highest BCUT2D eigenvalue weighted by molar-refractivity contribution is 5.34. The Bertz CT molecular complexity index is 431. The van der Waals surface area contributed by atoms with Gasteiger partial charge in [-0.05, 0) is 37.4 Å². The van der Waals surface area contributed by atoms with E-state index in [1.165, 1.54) is 12.0 Å². The van der Waals surface area contributed by atoms with Gasteiger partial charge in [-0.3, -0.25) is 0 Å². The maximum atomic E-state index is 6.35. The van der Waals surface area contributed by atoms with Crippen molar-refractivity contribution in [1.82, 2.24) is 5.32 Å². The van der Waals surface area contributed by atoms with E-state index < -0.39 is 0 Å². The molecule has 1 aliphatic carbocycles. The molecule has 0 bridgehead atoms. The van der Waals surface area contributed by atoms with Crippen LogP contribution >= 0.6 is 0 Å². The van der Waals surface area contributed by atoms with E-state index >= 15 is 0 Å². The van der Waals surface area contributed by atoms with Gasteiger partial charge in [0.25, 0.3) is 0 Å².